The molecule has 1 aliphatic rings. The summed E-state index contributed by atoms with van der Waals surface area (Å²) in [6, 6.07) is 9.95. The maximum atomic E-state index is 13.5. The number of nitrogens with one attached hydrogen (secondary N) is 1. The minimum atomic E-state index is -3.55. The van der Waals surface area contributed by atoms with E-state index in [1.165, 1.54) is 9.21 Å². The van der Waals surface area contributed by atoms with Crippen LogP contribution in [0.2, 0.25) is 10.0 Å². The van der Waals surface area contributed by atoms with Crippen molar-refractivity contribution in [1.82, 2.24) is 10.2 Å². The maximum absolute atomic E-state index is 13.5. The van der Waals surface area contributed by atoms with Gasteiger partial charge in [-0.2, -0.15) is 0 Å². The van der Waals surface area contributed by atoms with Crippen LogP contribution in [0.4, 0.5) is 5.69 Å². The quantitative estimate of drug-likeness (QED) is 0.372. The molecule has 0 bridgehead atoms. The molecule has 0 unspecified atom stereocenters. The highest BCUT2D eigenvalue weighted by atomic mass is 35.5. The predicted octanol–water partition coefficient (Wildman–Crippen LogP) is 5.63. The summed E-state index contributed by atoms with van der Waals surface area (Å²) in [5, 5.41) is 3.97. The third kappa shape index (κ3) is 8.10. The summed E-state index contributed by atoms with van der Waals surface area (Å²) in [7, 11) is -3.55. The van der Waals surface area contributed by atoms with E-state index >= 15 is 0 Å². The van der Waals surface area contributed by atoms with Crippen LogP contribution in [0.25, 0.3) is 0 Å². The van der Waals surface area contributed by atoms with Crippen LogP contribution in [0.1, 0.15) is 62.1 Å². The van der Waals surface area contributed by atoms with Gasteiger partial charge in [0.2, 0.25) is 21.8 Å². The van der Waals surface area contributed by atoms with Gasteiger partial charge in [0.25, 0.3) is 0 Å². The van der Waals surface area contributed by atoms with E-state index in [-0.39, 0.29) is 37.4 Å². The summed E-state index contributed by atoms with van der Waals surface area (Å²) >= 11 is 12.4. The molecule has 0 heterocycles. The molecule has 0 aromatic heterocycles. The second-order valence-corrected chi connectivity index (χ2v) is 12.9. The van der Waals surface area contributed by atoms with Crippen molar-refractivity contribution in [1.29, 1.82) is 0 Å². The molecule has 208 valence electrons. The number of halogens is 2. The van der Waals surface area contributed by atoms with Crippen LogP contribution < -0.4 is 9.62 Å². The van der Waals surface area contributed by atoms with Crippen molar-refractivity contribution < 1.29 is 18.0 Å². The van der Waals surface area contributed by atoms with Gasteiger partial charge in [0.05, 0.1) is 11.9 Å². The van der Waals surface area contributed by atoms with Crippen LogP contribution in [0, 0.1) is 13.8 Å². The normalized spacial score (nSPS) is 14.8. The Bertz CT molecular complexity index is 1260. The van der Waals surface area contributed by atoms with Crippen molar-refractivity contribution in [3.63, 3.8) is 0 Å². The fraction of sp³-hybridized carbons (Fsp3) is 0.500. The van der Waals surface area contributed by atoms with E-state index in [0.29, 0.717) is 27.7 Å². The van der Waals surface area contributed by atoms with E-state index in [9.17, 15) is 18.0 Å². The Morgan fingerprint density at radius 2 is 1.74 bits per heavy atom. The summed E-state index contributed by atoms with van der Waals surface area (Å²) in [5.74, 6) is -0.457. The molecular formula is C28H37Cl2N3O4S. The van der Waals surface area contributed by atoms with Gasteiger partial charge in [0, 0.05) is 35.6 Å². The van der Waals surface area contributed by atoms with E-state index < -0.39 is 16.1 Å². The van der Waals surface area contributed by atoms with E-state index in [0.717, 1.165) is 43.1 Å². The van der Waals surface area contributed by atoms with Crippen LogP contribution in [0.5, 0.6) is 0 Å². The lowest BCUT2D eigenvalue weighted by molar-refractivity contribution is -0.140. The molecule has 3 rings (SSSR count). The van der Waals surface area contributed by atoms with Gasteiger partial charge in [-0.15, -0.1) is 0 Å². The Hall–Kier alpha value is -2.29. The zero-order chi connectivity index (χ0) is 28.0. The van der Waals surface area contributed by atoms with E-state index in [4.69, 9.17) is 23.2 Å². The zero-order valence-electron chi connectivity index (χ0n) is 22.5. The van der Waals surface area contributed by atoms with Crippen LogP contribution in [0.3, 0.4) is 0 Å². The fourth-order valence-corrected chi connectivity index (χ4v) is 6.12. The molecule has 1 atom stereocenters. The van der Waals surface area contributed by atoms with Crippen LogP contribution in [-0.4, -0.2) is 50.0 Å². The van der Waals surface area contributed by atoms with E-state index in [2.05, 4.69) is 5.32 Å². The molecule has 7 nitrogen and oxygen atoms in total. The summed E-state index contributed by atoms with van der Waals surface area (Å²) in [5.41, 5.74) is 3.30. The number of nitrogens with zero attached hydrogens (tertiary/aromatic N) is 2. The van der Waals surface area contributed by atoms with Gasteiger partial charge >= 0.3 is 0 Å². The molecule has 1 N–H and O–H groups in total. The Balaban J connectivity index is 1.75. The van der Waals surface area contributed by atoms with Crippen molar-refractivity contribution >= 4 is 50.7 Å². The highest BCUT2D eigenvalue weighted by Crippen LogP contribution is 2.25. The maximum Gasteiger partial charge on any atom is 0.242 e. The molecule has 2 amide bonds. The zero-order valence-corrected chi connectivity index (χ0v) is 24.8. The molecule has 1 fully saturated rings. The Labute approximate surface area is 236 Å². The average Bonchev–Trinajstić information content (AvgIpc) is 3.35. The standard InChI is InChI=1S/C28H37Cl2N3O4S/c1-19-11-14-25(16-20(19)2)33(38(4,36)37)15-7-10-27(34)32(18-22-12-13-23(29)17-26(22)30)21(3)28(35)31-24-8-5-6-9-24/h11-14,16-17,21,24H,5-10,15,18H2,1-4H3,(H,31,35)/t21-/m0/s1. The highest BCUT2D eigenvalue weighted by Gasteiger charge is 2.29. The number of aryl methyl sites for hydroxylation is 2. The Morgan fingerprint density at radius 1 is 1.05 bits per heavy atom. The van der Waals surface area contributed by atoms with Crippen molar-refractivity contribution in [3.8, 4) is 0 Å². The number of amides is 2. The van der Waals surface area contributed by atoms with Crippen LogP contribution in [-0.2, 0) is 26.2 Å². The topological polar surface area (TPSA) is 86.8 Å². The van der Waals surface area contributed by atoms with E-state index in [1.807, 2.05) is 26.0 Å². The molecule has 0 radical (unpaired) electrons. The molecule has 10 heteroatoms. The number of carbonyl (C=O) groups excluding carboxylic acids is 2. The number of hydrogen-bond donors (Lipinski definition) is 1. The molecular weight excluding hydrogens is 545 g/mol. The number of benzene rings is 2. The van der Waals surface area contributed by atoms with Gasteiger partial charge in [-0.05, 0) is 81.0 Å². The SMILES string of the molecule is Cc1ccc(N(CCCC(=O)N(Cc2ccc(Cl)cc2Cl)[C@@H](C)C(=O)NC2CCCC2)S(C)(=O)=O)cc1C. The summed E-state index contributed by atoms with van der Waals surface area (Å²) < 4.78 is 26.4. The first-order valence-corrected chi connectivity index (χ1v) is 15.6. The largest absolute Gasteiger partial charge is 0.352 e. The molecule has 1 aliphatic carbocycles. The number of rotatable bonds is 11. The van der Waals surface area contributed by atoms with Crippen molar-refractivity contribution in [2.24, 2.45) is 0 Å². The minimum absolute atomic E-state index is 0.0725. The molecule has 38 heavy (non-hydrogen) atoms. The fourth-order valence-electron chi connectivity index (χ4n) is 4.69. The number of sulfonamides is 1. The first-order chi connectivity index (χ1) is 17.9. The van der Waals surface area contributed by atoms with E-state index in [1.54, 1.807) is 31.2 Å². The molecule has 1 saturated carbocycles. The predicted molar refractivity (Wildman–Crippen MR) is 154 cm³/mol. The molecule has 0 saturated heterocycles. The lowest BCUT2D eigenvalue weighted by atomic mass is 10.1. The number of carbonyl (C=O) groups is 2. The van der Waals surface area contributed by atoms with Crippen LogP contribution in [0.15, 0.2) is 36.4 Å². The number of hydrogen-bond acceptors (Lipinski definition) is 4. The number of anilines is 1. The average molecular weight is 583 g/mol. The highest BCUT2D eigenvalue weighted by molar-refractivity contribution is 7.92. The molecule has 2 aromatic rings. The summed E-state index contributed by atoms with van der Waals surface area (Å²) in [4.78, 5) is 28.1. The molecule has 0 aliphatic heterocycles. The first-order valence-electron chi connectivity index (χ1n) is 13.0. The van der Waals surface area contributed by atoms with Crippen molar-refractivity contribution in [3.05, 3.63) is 63.1 Å². The lowest BCUT2D eigenvalue weighted by Crippen LogP contribution is -2.49. The second kappa shape index (κ2) is 13.2. The van der Waals surface area contributed by atoms with Gasteiger partial charge in [-0.3, -0.25) is 13.9 Å². The Kier molecular flexibility index (Phi) is 10.5. The lowest BCUT2D eigenvalue weighted by Gasteiger charge is -2.30. The van der Waals surface area contributed by atoms with Gasteiger partial charge in [-0.1, -0.05) is 48.2 Å². The summed E-state index contributed by atoms with van der Waals surface area (Å²) in [6.07, 6.45) is 5.57. The summed E-state index contributed by atoms with van der Waals surface area (Å²) in [6.45, 7) is 5.89. The van der Waals surface area contributed by atoms with Gasteiger partial charge in [0.1, 0.15) is 6.04 Å². The Morgan fingerprint density at radius 3 is 2.34 bits per heavy atom. The smallest absolute Gasteiger partial charge is 0.242 e. The van der Waals surface area contributed by atoms with Crippen molar-refractivity contribution in [2.45, 2.75) is 77.9 Å². The second-order valence-electron chi connectivity index (χ2n) is 10.1. The van der Waals surface area contributed by atoms with Gasteiger partial charge < -0.3 is 10.2 Å². The third-order valence-corrected chi connectivity index (χ3v) is 8.94. The first kappa shape index (κ1) is 30.3. The van der Waals surface area contributed by atoms with Crippen molar-refractivity contribution in [2.75, 3.05) is 17.1 Å². The van der Waals surface area contributed by atoms with Gasteiger partial charge in [0.15, 0.2) is 0 Å². The van der Waals surface area contributed by atoms with Crippen LogP contribution >= 0.6 is 23.2 Å². The van der Waals surface area contributed by atoms with Gasteiger partial charge in [-0.25, -0.2) is 8.42 Å². The minimum Gasteiger partial charge on any atom is -0.352 e. The molecule has 2 aromatic carbocycles. The molecule has 0 spiro atoms. The third-order valence-electron chi connectivity index (χ3n) is 7.16. The monoisotopic (exact) mass is 581 g/mol.